The van der Waals surface area contributed by atoms with E-state index in [1.54, 1.807) is 0 Å². The molecular weight excluding hydrogens is 210 g/mol. The second-order valence-electron chi connectivity index (χ2n) is 6.13. The average Bonchev–Trinajstić information content (AvgIpc) is 2.13. The second-order valence-corrected chi connectivity index (χ2v) is 12.1. The fourth-order valence-corrected chi connectivity index (χ4v) is 11.1. The summed E-state index contributed by atoms with van der Waals surface area (Å²) in [4.78, 5) is 0. The van der Waals surface area contributed by atoms with E-state index in [0.29, 0.717) is 0 Å². The molecule has 0 N–H and O–H groups in total. The van der Waals surface area contributed by atoms with Crippen molar-refractivity contribution in [2.45, 2.75) is 77.9 Å². The number of unbranched alkanes of at least 4 members (excludes halogenated alkanes) is 1. The highest BCUT2D eigenvalue weighted by atomic mass is 28.3. The van der Waals surface area contributed by atoms with Crippen LogP contribution in [0.2, 0.25) is 16.6 Å². The van der Waals surface area contributed by atoms with E-state index in [1.807, 2.05) is 0 Å². The molecule has 2 heteroatoms. The van der Waals surface area contributed by atoms with Crippen LogP contribution in [0.5, 0.6) is 0 Å². The van der Waals surface area contributed by atoms with Crippen LogP contribution in [0.3, 0.4) is 0 Å². The van der Waals surface area contributed by atoms with Crippen molar-refractivity contribution in [3.63, 3.8) is 0 Å². The molecule has 16 heavy (non-hydrogen) atoms. The molecule has 0 aromatic rings. The van der Waals surface area contributed by atoms with E-state index in [4.69, 9.17) is 0 Å². The minimum Gasteiger partial charge on any atom is -0.326 e. The van der Waals surface area contributed by atoms with E-state index in [1.165, 1.54) is 19.4 Å². The van der Waals surface area contributed by atoms with E-state index in [0.717, 1.165) is 16.6 Å². The zero-order valence-corrected chi connectivity index (χ0v) is 13.8. The SMILES string of the molecule is CCCCN(C)[Si](C(C)C)(C(C)C)C(C)C. The lowest BCUT2D eigenvalue weighted by atomic mass is 10.3. The van der Waals surface area contributed by atoms with Gasteiger partial charge < -0.3 is 4.57 Å². The fraction of sp³-hybridized carbons (Fsp3) is 1.00. The van der Waals surface area contributed by atoms with Crippen LogP contribution in [0.1, 0.15) is 61.3 Å². The van der Waals surface area contributed by atoms with Gasteiger partial charge in [0.2, 0.25) is 0 Å². The quantitative estimate of drug-likeness (QED) is 0.575. The molecule has 0 aliphatic carbocycles. The Morgan fingerprint density at radius 3 is 1.50 bits per heavy atom. The van der Waals surface area contributed by atoms with Crippen molar-refractivity contribution in [3.8, 4) is 0 Å². The summed E-state index contributed by atoms with van der Waals surface area (Å²) < 4.78 is 2.76. The predicted molar refractivity (Wildman–Crippen MR) is 78.6 cm³/mol. The molecule has 0 unspecified atom stereocenters. The molecule has 0 radical (unpaired) electrons. The molecule has 0 bridgehead atoms. The summed E-state index contributed by atoms with van der Waals surface area (Å²) in [6, 6.07) is 0. The summed E-state index contributed by atoms with van der Waals surface area (Å²) in [6.07, 6.45) is 2.65. The van der Waals surface area contributed by atoms with Crippen LogP contribution in [-0.2, 0) is 0 Å². The third kappa shape index (κ3) is 3.10. The molecule has 0 aromatic carbocycles. The molecule has 0 spiro atoms. The minimum absolute atomic E-state index is 0.842. The second kappa shape index (κ2) is 6.80. The van der Waals surface area contributed by atoms with Crippen molar-refractivity contribution in [3.05, 3.63) is 0 Å². The third-order valence-electron chi connectivity index (χ3n) is 4.28. The summed E-state index contributed by atoms with van der Waals surface area (Å²) in [7, 11) is 1.04. The molecule has 0 rings (SSSR count). The maximum absolute atomic E-state index is 2.76. The summed E-state index contributed by atoms with van der Waals surface area (Å²) in [5.41, 5.74) is 2.53. The van der Waals surface area contributed by atoms with E-state index >= 15 is 0 Å². The van der Waals surface area contributed by atoms with Gasteiger partial charge in [-0.15, -0.1) is 0 Å². The smallest absolute Gasteiger partial charge is 0.135 e. The Kier molecular flexibility index (Phi) is 6.88. The normalized spacial score (nSPS) is 13.5. The Hall–Kier alpha value is 0.177. The van der Waals surface area contributed by atoms with E-state index < -0.39 is 8.24 Å². The van der Waals surface area contributed by atoms with Gasteiger partial charge in [-0.05, 0) is 36.6 Å². The molecule has 1 nitrogen and oxygen atoms in total. The summed E-state index contributed by atoms with van der Waals surface area (Å²) in [6.45, 7) is 18.2. The van der Waals surface area contributed by atoms with Gasteiger partial charge in [-0.2, -0.15) is 0 Å². The van der Waals surface area contributed by atoms with Crippen molar-refractivity contribution in [2.75, 3.05) is 13.6 Å². The first-order valence-electron chi connectivity index (χ1n) is 7.02. The summed E-state index contributed by atoms with van der Waals surface area (Å²) >= 11 is 0. The number of nitrogens with zero attached hydrogens (tertiary/aromatic N) is 1. The average molecular weight is 244 g/mol. The summed E-state index contributed by atoms with van der Waals surface area (Å²) in [5, 5.41) is 0. The topological polar surface area (TPSA) is 3.24 Å². The molecule has 0 atom stereocenters. The third-order valence-corrected chi connectivity index (χ3v) is 11.4. The molecule has 0 amide bonds. The monoisotopic (exact) mass is 243 g/mol. The highest BCUT2D eigenvalue weighted by molar-refractivity contribution is 6.80. The molecule has 0 saturated heterocycles. The Bertz CT molecular complexity index is 165. The van der Waals surface area contributed by atoms with Gasteiger partial charge in [-0.3, -0.25) is 0 Å². The Morgan fingerprint density at radius 2 is 1.25 bits per heavy atom. The molecular formula is C14H33NSi. The first-order valence-corrected chi connectivity index (χ1v) is 9.20. The Labute approximate surface area is 105 Å². The lowest BCUT2D eigenvalue weighted by Crippen LogP contribution is -2.58. The Morgan fingerprint density at radius 1 is 0.875 bits per heavy atom. The lowest BCUT2D eigenvalue weighted by molar-refractivity contribution is 0.446. The van der Waals surface area contributed by atoms with Gasteiger partial charge in [0.05, 0.1) is 0 Å². The molecule has 0 fully saturated rings. The zero-order chi connectivity index (χ0) is 12.9. The number of rotatable bonds is 7. The van der Waals surface area contributed by atoms with E-state index in [-0.39, 0.29) is 0 Å². The predicted octanol–water partition coefficient (Wildman–Crippen LogP) is 4.89. The highest BCUT2D eigenvalue weighted by Gasteiger charge is 2.46. The van der Waals surface area contributed by atoms with Gasteiger partial charge in [0, 0.05) is 0 Å². The molecule has 0 aliphatic heterocycles. The molecule has 0 aliphatic rings. The van der Waals surface area contributed by atoms with Crippen LogP contribution in [-0.4, -0.2) is 26.4 Å². The largest absolute Gasteiger partial charge is 0.326 e. The number of hydrogen-bond donors (Lipinski definition) is 0. The standard InChI is InChI=1S/C14H33NSi/c1-9-10-11-15(8)16(12(2)3,13(4)5)14(6)7/h12-14H,9-11H2,1-8H3. The molecule has 0 saturated carbocycles. The van der Waals surface area contributed by atoms with Crippen molar-refractivity contribution in [1.82, 2.24) is 4.57 Å². The van der Waals surface area contributed by atoms with Crippen molar-refractivity contribution >= 4 is 8.24 Å². The van der Waals surface area contributed by atoms with Crippen molar-refractivity contribution in [2.24, 2.45) is 0 Å². The van der Waals surface area contributed by atoms with E-state index in [2.05, 4.69) is 60.1 Å². The van der Waals surface area contributed by atoms with Crippen LogP contribution in [0.15, 0.2) is 0 Å². The maximum atomic E-state index is 2.76. The van der Waals surface area contributed by atoms with Gasteiger partial charge in [0.15, 0.2) is 0 Å². The van der Waals surface area contributed by atoms with Gasteiger partial charge in [-0.1, -0.05) is 54.9 Å². The molecule has 0 heterocycles. The van der Waals surface area contributed by atoms with E-state index in [9.17, 15) is 0 Å². The van der Waals surface area contributed by atoms with Crippen LogP contribution in [0.25, 0.3) is 0 Å². The molecule has 98 valence electrons. The van der Waals surface area contributed by atoms with Crippen LogP contribution >= 0.6 is 0 Å². The zero-order valence-electron chi connectivity index (χ0n) is 12.8. The lowest BCUT2D eigenvalue weighted by Gasteiger charge is -2.49. The Balaban J connectivity index is 5.02. The van der Waals surface area contributed by atoms with Crippen molar-refractivity contribution < 1.29 is 0 Å². The van der Waals surface area contributed by atoms with Crippen LogP contribution in [0, 0.1) is 0 Å². The van der Waals surface area contributed by atoms with Gasteiger partial charge >= 0.3 is 0 Å². The maximum Gasteiger partial charge on any atom is 0.135 e. The number of hydrogen-bond acceptors (Lipinski definition) is 1. The van der Waals surface area contributed by atoms with Gasteiger partial charge in [0.1, 0.15) is 8.24 Å². The fourth-order valence-electron chi connectivity index (χ4n) is 3.91. The minimum atomic E-state index is -1.33. The molecule has 0 aromatic heterocycles. The first-order chi connectivity index (χ1) is 7.31. The highest BCUT2D eigenvalue weighted by Crippen LogP contribution is 2.43. The van der Waals surface area contributed by atoms with Gasteiger partial charge in [-0.25, -0.2) is 0 Å². The van der Waals surface area contributed by atoms with Crippen LogP contribution < -0.4 is 0 Å². The van der Waals surface area contributed by atoms with Crippen molar-refractivity contribution in [1.29, 1.82) is 0 Å². The summed E-state index contributed by atoms with van der Waals surface area (Å²) in [5.74, 6) is 0. The van der Waals surface area contributed by atoms with Gasteiger partial charge in [0.25, 0.3) is 0 Å². The van der Waals surface area contributed by atoms with Crippen LogP contribution in [0.4, 0.5) is 0 Å². The first kappa shape index (κ1) is 16.2.